The molecule has 0 aliphatic rings. The average Bonchev–Trinajstić information content (AvgIpc) is 2.42. The Labute approximate surface area is 120 Å². The third-order valence-electron chi connectivity index (χ3n) is 2.79. The van der Waals surface area contributed by atoms with Gasteiger partial charge in [-0.1, -0.05) is 15.9 Å². The molecule has 0 N–H and O–H groups in total. The second kappa shape index (κ2) is 5.97. The van der Waals surface area contributed by atoms with Gasteiger partial charge >= 0.3 is 0 Å². The number of amides is 1. The van der Waals surface area contributed by atoms with Gasteiger partial charge in [0.2, 0.25) is 0 Å². The molecule has 0 saturated heterocycles. The first-order valence-electron chi connectivity index (χ1n) is 5.95. The van der Waals surface area contributed by atoms with E-state index in [0.29, 0.717) is 17.8 Å². The second-order valence-electron chi connectivity index (χ2n) is 4.03. The van der Waals surface area contributed by atoms with Crippen molar-refractivity contribution in [3.63, 3.8) is 0 Å². The number of hydrogen-bond acceptors (Lipinski definition) is 1. The molecule has 1 amide bonds. The monoisotopic (exact) mass is 321 g/mol. The fourth-order valence-electron chi connectivity index (χ4n) is 1.81. The topological polar surface area (TPSA) is 20.3 Å². The lowest BCUT2D eigenvalue weighted by Gasteiger charge is -2.21. The van der Waals surface area contributed by atoms with Crippen LogP contribution >= 0.6 is 15.9 Å². The SMILES string of the molecule is CCN(C(=O)c1ccc(Br)cc1)c1ccc(F)cc1. The van der Waals surface area contributed by atoms with Crippen molar-refractivity contribution in [3.8, 4) is 0 Å². The Morgan fingerprint density at radius 1 is 1.11 bits per heavy atom. The van der Waals surface area contributed by atoms with Crippen LogP contribution in [0, 0.1) is 5.82 Å². The van der Waals surface area contributed by atoms with E-state index in [4.69, 9.17) is 0 Å². The van der Waals surface area contributed by atoms with Crippen LogP contribution in [0.4, 0.5) is 10.1 Å². The van der Waals surface area contributed by atoms with E-state index in [0.717, 1.165) is 4.47 Å². The van der Waals surface area contributed by atoms with Gasteiger partial charge < -0.3 is 4.90 Å². The Hall–Kier alpha value is -1.68. The molecular weight excluding hydrogens is 309 g/mol. The molecule has 2 aromatic carbocycles. The van der Waals surface area contributed by atoms with E-state index in [1.807, 2.05) is 19.1 Å². The minimum Gasteiger partial charge on any atom is -0.309 e. The highest BCUT2D eigenvalue weighted by Crippen LogP contribution is 2.19. The van der Waals surface area contributed by atoms with Gasteiger partial charge in [0.05, 0.1) is 0 Å². The maximum absolute atomic E-state index is 12.9. The number of halogens is 2. The summed E-state index contributed by atoms with van der Waals surface area (Å²) in [4.78, 5) is 14.0. The van der Waals surface area contributed by atoms with Crippen LogP contribution in [0.15, 0.2) is 53.0 Å². The van der Waals surface area contributed by atoms with Crippen LogP contribution in [0.5, 0.6) is 0 Å². The maximum atomic E-state index is 12.9. The zero-order valence-corrected chi connectivity index (χ0v) is 12.0. The predicted molar refractivity (Wildman–Crippen MR) is 77.9 cm³/mol. The second-order valence-corrected chi connectivity index (χ2v) is 4.95. The molecule has 0 heterocycles. The Bertz CT molecular complexity index is 566. The molecule has 0 radical (unpaired) electrons. The van der Waals surface area contributed by atoms with Crippen LogP contribution in [0.1, 0.15) is 17.3 Å². The molecule has 4 heteroatoms. The van der Waals surface area contributed by atoms with E-state index in [2.05, 4.69) is 15.9 Å². The molecule has 0 unspecified atom stereocenters. The molecule has 0 aliphatic carbocycles. The lowest BCUT2D eigenvalue weighted by Crippen LogP contribution is -2.30. The van der Waals surface area contributed by atoms with Gasteiger partial charge in [-0.25, -0.2) is 4.39 Å². The number of nitrogens with zero attached hydrogens (tertiary/aromatic N) is 1. The normalized spacial score (nSPS) is 10.3. The first kappa shape index (κ1) is 13.7. The first-order chi connectivity index (χ1) is 9.11. The van der Waals surface area contributed by atoms with Crippen molar-refractivity contribution >= 4 is 27.5 Å². The van der Waals surface area contributed by atoms with Crippen LogP contribution in [0.3, 0.4) is 0 Å². The predicted octanol–water partition coefficient (Wildman–Crippen LogP) is 4.25. The van der Waals surface area contributed by atoms with Gasteiger partial charge in [0.1, 0.15) is 5.82 Å². The summed E-state index contributed by atoms with van der Waals surface area (Å²) in [5.74, 6) is -0.405. The lowest BCUT2D eigenvalue weighted by molar-refractivity contribution is 0.0988. The van der Waals surface area contributed by atoms with Crippen LogP contribution in [0.2, 0.25) is 0 Å². The summed E-state index contributed by atoms with van der Waals surface area (Å²) in [5, 5.41) is 0. The van der Waals surface area contributed by atoms with Crippen molar-refractivity contribution in [1.29, 1.82) is 0 Å². The molecule has 19 heavy (non-hydrogen) atoms. The highest BCUT2D eigenvalue weighted by atomic mass is 79.9. The summed E-state index contributed by atoms with van der Waals surface area (Å²) in [6.07, 6.45) is 0. The third-order valence-corrected chi connectivity index (χ3v) is 3.32. The van der Waals surface area contributed by atoms with Crippen molar-refractivity contribution in [3.05, 3.63) is 64.4 Å². The van der Waals surface area contributed by atoms with E-state index in [9.17, 15) is 9.18 Å². The fraction of sp³-hybridized carbons (Fsp3) is 0.133. The quantitative estimate of drug-likeness (QED) is 0.827. The molecule has 2 rings (SSSR count). The summed E-state index contributed by atoms with van der Waals surface area (Å²) in [7, 11) is 0. The number of benzene rings is 2. The van der Waals surface area contributed by atoms with Gasteiger partial charge in [0.15, 0.2) is 0 Å². The zero-order valence-electron chi connectivity index (χ0n) is 10.4. The van der Waals surface area contributed by atoms with Gasteiger partial charge in [-0.2, -0.15) is 0 Å². The highest BCUT2D eigenvalue weighted by molar-refractivity contribution is 9.10. The van der Waals surface area contributed by atoms with Crippen molar-refractivity contribution in [1.82, 2.24) is 0 Å². The van der Waals surface area contributed by atoms with Crippen molar-refractivity contribution < 1.29 is 9.18 Å². The van der Waals surface area contributed by atoms with E-state index in [1.54, 1.807) is 29.2 Å². The average molecular weight is 322 g/mol. The summed E-state index contributed by atoms with van der Waals surface area (Å²) >= 11 is 3.33. The van der Waals surface area contributed by atoms with Crippen LogP contribution < -0.4 is 4.90 Å². The Balaban J connectivity index is 2.29. The van der Waals surface area contributed by atoms with Gasteiger partial charge in [-0.05, 0) is 55.5 Å². The number of hydrogen-bond donors (Lipinski definition) is 0. The Morgan fingerprint density at radius 2 is 1.68 bits per heavy atom. The number of carbonyl (C=O) groups excluding carboxylic acids is 1. The molecule has 0 aliphatic heterocycles. The van der Waals surface area contributed by atoms with Gasteiger partial charge in [0, 0.05) is 22.3 Å². The van der Waals surface area contributed by atoms with E-state index in [-0.39, 0.29) is 11.7 Å². The molecule has 0 spiro atoms. The van der Waals surface area contributed by atoms with Crippen LogP contribution in [-0.4, -0.2) is 12.5 Å². The molecule has 98 valence electrons. The van der Waals surface area contributed by atoms with Crippen molar-refractivity contribution in [2.24, 2.45) is 0 Å². The molecule has 2 nitrogen and oxygen atoms in total. The van der Waals surface area contributed by atoms with E-state index < -0.39 is 0 Å². The Morgan fingerprint density at radius 3 is 2.21 bits per heavy atom. The minimum atomic E-state index is -0.309. The molecule has 0 fully saturated rings. The molecule has 0 saturated carbocycles. The number of rotatable bonds is 3. The highest BCUT2D eigenvalue weighted by Gasteiger charge is 2.15. The largest absolute Gasteiger partial charge is 0.309 e. The summed E-state index contributed by atoms with van der Waals surface area (Å²) in [5.41, 5.74) is 1.30. The van der Waals surface area contributed by atoms with E-state index >= 15 is 0 Å². The lowest BCUT2D eigenvalue weighted by atomic mass is 10.2. The summed E-state index contributed by atoms with van der Waals surface area (Å²) < 4.78 is 13.8. The van der Waals surface area contributed by atoms with Crippen LogP contribution in [-0.2, 0) is 0 Å². The summed E-state index contributed by atoms with van der Waals surface area (Å²) in [6, 6.07) is 13.1. The standard InChI is InChI=1S/C15H13BrFNO/c1-2-18(14-9-7-13(17)8-10-14)15(19)11-3-5-12(16)6-4-11/h3-10H,2H2,1H3. The number of carbonyl (C=O) groups is 1. The molecule has 0 atom stereocenters. The van der Waals surface area contributed by atoms with Gasteiger partial charge in [0.25, 0.3) is 5.91 Å². The minimum absolute atomic E-state index is 0.0957. The smallest absolute Gasteiger partial charge is 0.258 e. The molecule has 2 aromatic rings. The number of anilines is 1. The van der Waals surface area contributed by atoms with Gasteiger partial charge in [-0.15, -0.1) is 0 Å². The molecule has 0 aromatic heterocycles. The third kappa shape index (κ3) is 3.20. The zero-order chi connectivity index (χ0) is 13.8. The molecular formula is C15H13BrFNO. The Kier molecular flexibility index (Phi) is 4.32. The van der Waals surface area contributed by atoms with Gasteiger partial charge in [-0.3, -0.25) is 4.79 Å². The summed E-state index contributed by atoms with van der Waals surface area (Å²) in [6.45, 7) is 2.42. The maximum Gasteiger partial charge on any atom is 0.258 e. The first-order valence-corrected chi connectivity index (χ1v) is 6.74. The fourth-order valence-corrected chi connectivity index (χ4v) is 2.08. The van der Waals surface area contributed by atoms with Crippen molar-refractivity contribution in [2.45, 2.75) is 6.92 Å². The van der Waals surface area contributed by atoms with Crippen LogP contribution in [0.25, 0.3) is 0 Å². The van der Waals surface area contributed by atoms with E-state index in [1.165, 1.54) is 12.1 Å². The van der Waals surface area contributed by atoms with Crippen molar-refractivity contribution in [2.75, 3.05) is 11.4 Å². The molecule has 0 bridgehead atoms.